The molecule has 96 valence electrons. The van der Waals surface area contributed by atoms with Crippen LogP contribution in [0.15, 0.2) is 55.1 Å². The maximum absolute atomic E-state index is 4.00. The summed E-state index contributed by atoms with van der Waals surface area (Å²) in [6.07, 6.45) is 7.39. The normalized spacial score (nSPS) is 15.6. The van der Waals surface area contributed by atoms with Gasteiger partial charge in [0.25, 0.3) is 0 Å². The van der Waals surface area contributed by atoms with Crippen LogP contribution in [0.5, 0.6) is 0 Å². The average Bonchev–Trinajstić information content (AvgIpc) is 3.01. The Morgan fingerprint density at radius 1 is 0.895 bits per heavy atom. The van der Waals surface area contributed by atoms with Gasteiger partial charge in [-0.3, -0.25) is 0 Å². The zero-order chi connectivity index (χ0) is 13.1. The van der Waals surface area contributed by atoms with Gasteiger partial charge in [0.05, 0.1) is 0 Å². The molecule has 0 heterocycles. The van der Waals surface area contributed by atoms with Gasteiger partial charge >= 0.3 is 0 Å². The minimum atomic E-state index is 0.712. The first-order valence-electron chi connectivity index (χ1n) is 7.21. The fourth-order valence-electron chi connectivity index (χ4n) is 3.30. The van der Waals surface area contributed by atoms with Crippen molar-refractivity contribution in [1.82, 2.24) is 0 Å². The van der Waals surface area contributed by atoms with Gasteiger partial charge < -0.3 is 0 Å². The minimum Gasteiger partial charge on any atom is -0.0985 e. The third-order valence-corrected chi connectivity index (χ3v) is 4.21. The summed E-state index contributed by atoms with van der Waals surface area (Å²) in [6, 6.07) is 17.3. The van der Waals surface area contributed by atoms with Crippen LogP contribution >= 0.6 is 0 Å². The largest absolute Gasteiger partial charge is 0.0985 e. The average molecular weight is 248 g/mol. The molecule has 3 rings (SSSR count). The highest BCUT2D eigenvalue weighted by atomic mass is 14.3. The molecule has 0 amide bonds. The molecule has 19 heavy (non-hydrogen) atoms. The monoisotopic (exact) mass is 248 g/mol. The Morgan fingerprint density at radius 2 is 1.63 bits per heavy atom. The van der Waals surface area contributed by atoms with Gasteiger partial charge in [-0.05, 0) is 41.0 Å². The van der Waals surface area contributed by atoms with Gasteiger partial charge in [0.15, 0.2) is 0 Å². The van der Waals surface area contributed by atoms with Crippen LogP contribution < -0.4 is 0 Å². The van der Waals surface area contributed by atoms with Gasteiger partial charge in [0.1, 0.15) is 0 Å². The van der Waals surface area contributed by atoms with Gasteiger partial charge in [-0.1, -0.05) is 74.0 Å². The van der Waals surface area contributed by atoms with Crippen molar-refractivity contribution in [2.24, 2.45) is 0 Å². The molecule has 0 aromatic heterocycles. The van der Waals surface area contributed by atoms with E-state index in [0.717, 1.165) is 0 Å². The zero-order valence-electron chi connectivity index (χ0n) is 11.3. The molecule has 2 aromatic carbocycles. The first-order valence-corrected chi connectivity index (χ1v) is 7.21. The summed E-state index contributed by atoms with van der Waals surface area (Å²) in [6.45, 7) is 4.00. The van der Waals surface area contributed by atoms with Crippen LogP contribution in [0.3, 0.4) is 0 Å². The zero-order valence-corrected chi connectivity index (χ0v) is 11.3. The van der Waals surface area contributed by atoms with Gasteiger partial charge in [0.2, 0.25) is 0 Å². The fourth-order valence-corrected chi connectivity index (χ4v) is 3.30. The van der Waals surface area contributed by atoms with Crippen molar-refractivity contribution in [2.75, 3.05) is 0 Å². The van der Waals surface area contributed by atoms with Crippen molar-refractivity contribution in [1.29, 1.82) is 0 Å². The first-order chi connectivity index (χ1) is 9.40. The van der Waals surface area contributed by atoms with E-state index >= 15 is 0 Å². The third-order valence-electron chi connectivity index (χ3n) is 4.21. The standard InChI is InChI=1S/C19H20/c1-2-15-13-8-14-18(16-9-4-3-5-10-16)19(15)17-11-6-7-12-17/h2-5,8-10,13-14,17H,1,6-7,11-12H2. The molecule has 1 fully saturated rings. The Labute approximate surface area is 115 Å². The van der Waals surface area contributed by atoms with E-state index in [4.69, 9.17) is 0 Å². The molecule has 0 radical (unpaired) electrons. The highest BCUT2D eigenvalue weighted by Crippen LogP contribution is 2.41. The summed E-state index contributed by atoms with van der Waals surface area (Å²) in [5, 5.41) is 0. The molecule has 0 bridgehead atoms. The highest BCUT2D eigenvalue weighted by Gasteiger charge is 2.22. The molecule has 0 saturated heterocycles. The number of hydrogen-bond acceptors (Lipinski definition) is 0. The van der Waals surface area contributed by atoms with E-state index < -0.39 is 0 Å². The van der Waals surface area contributed by atoms with E-state index in [0.29, 0.717) is 5.92 Å². The van der Waals surface area contributed by atoms with E-state index in [-0.39, 0.29) is 0 Å². The molecule has 0 N–H and O–H groups in total. The van der Waals surface area contributed by atoms with Gasteiger partial charge in [-0.25, -0.2) is 0 Å². The summed E-state index contributed by atoms with van der Waals surface area (Å²) in [7, 11) is 0. The third kappa shape index (κ3) is 2.35. The Hall–Kier alpha value is -1.82. The van der Waals surface area contributed by atoms with E-state index in [9.17, 15) is 0 Å². The van der Waals surface area contributed by atoms with E-state index in [1.807, 2.05) is 6.08 Å². The summed E-state index contributed by atoms with van der Waals surface area (Å²) >= 11 is 0. The van der Waals surface area contributed by atoms with Crippen LogP contribution in [-0.4, -0.2) is 0 Å². The van der Waals surface area contributed by atoms with Crippen molar-refractivity contribution in [3.05, 3.63) is 66.2 Å². The number of rotatable bonds is 3. The predicted octanol–water partition coefficient (Wildman–Crippen LogP) is 5.65. The Morgan fingerprint density at radius 3 is 2.32 bits per heavy atom. The van der Waals surface area contributed by atoms with Crippen LogP contribution in [0.1, 0.15) is 42.7 Å². The highest BCUT2D eigenvalue weighted by molar-refractivity contribution is 5.73. The first kappa shape index (κ1) is 12.2. The number of benzene rings is 2. The van der Waals surface area contributed by atoms with Crippen molar-refractivity contribution >= 4 is 6.08 Å². The second kappa shape index (κ2) is 5.44. The lowest BCUT2D eigenvalue weighted by molar-refractivity contribution is 0.723. The predicted molar refractivity (Wildman–Crippen MR) is 83.2 cm³/mol. The van der Waals surface area contributed by atoms with Gasteiger partial charge in [0, 0.05) is 0 Å². The van der Waals surface area contributed by atoms with Crippen LogP contribution in [0, 0.1) is 0 Å². The molecule has 0 nitrogen and oxygen atoms in total. The molecule has 0 aliphatic heterocycles. The van der Waals surface area contributed by atoms with Crippen LogP contribution in [0.2, 0.25) is 0 Å². The lowest BCUT2D eigenvalue weighted by Gasteiger charge is -2.18. The molecule has 0 atom stereocenters. The van der Waals surface area contributed by atoms with E-state index in [2.05, 4.69) is 55.1 Å². The number of hydrogen-bond donors (Lipinski definition) is 0. The van der Waals surface area contributed by atoms with Crippen molar-refractivity contribution in [3.63, 3.8) is 0 Å². The maximum atomic E-state index is 4.00. The lowest BCUT2D eigenvalue weighted by Crippen LogP contribution is -1.99. The molecule has 1 saturated carbocycles. The Balaban J connectivity index is 2.15. The Bertz CT molecular complexity index is 560. The summed E-state index contributed by atoms with van der Waals surface area (Å²) in [4.78, 5) is 0. The SMILES string of the molecule is C=Cc1cccc(-c2ccccc2)c1C1CCCC1. The molecule has 1 aliphatic rings. The van der Waals surface area contributed by atoms with Gasteiger partial charge in [-0.15, -0.1) is 0 Å². The molecular formula is C19H20. The lowest BCUT2D eigenvalue weighted by atomic mass is 9.86. The topological polar surface area (TPSA) is 0 Å². The molecule has 2 aromatic rings. The van der Waals surface area contributed by atoms with Crippen molar-refractivity contribution < 1.29 is 0 Å². The summed E-state index contributed by atoms with van der Waals surface area (Å²) < 4.78 is 0. The van der Waals surface area contributed by atoms with Crippen LogP contribution in [-0.2, 0) is 0 Å². The molecule has 0 spiro atoms. The fraction of sp³-hybridized carbons (Fsp3) is 0.263. The quantitative estimate of drug-likeness (QED) is 0.658. The smallest absolute Gasteiger partial charge is 0.0143 e. The molecular weight excluding hydrogens is 228 g/mol. The van der Waals surface area contributed by atoms with Crippen molar-refractivity contribution in [2.45, 2.75) is 31.6 Å². The van der Waals surface area contributed by atoms with Crippen LogP contribution in [0.25, 0.3) is 17.2 Å². The van der Waals surface area contributed by atoms with E-state index in [1.54, 1.807) is 0 Å². The second-order valence-corrected chi connectivity index (χ2v) is 5.36. The van der Waals surface area contributed by atoms with Crippen LogP contribution in [0.4, 0.5) is 0 Å². The second-order valence-electron chi connectivity index (χ2n) is 5.36. The van der Waals surface area contributed by atoms with Gasteiger partial charge in [-0.2, -0.15) is 0 Å². The maximum Gasteiger partial charge on any atom is -0.0143 e. The minimum absolute atomic E-state index is 0.712. The molecule has 0 unspecified atom stereocenters. The van der Waals surface area contributed by atoms with E-state index in [1.165, 1.54) is 47.9 Å². The summed E-state index contributed by atoms with van der Waals surface area (Å²) in [5.74, 6) is 0.712. The molecule has 0 heteroatoms. The molecule has 1 aliphatic carbocycles. The Kier molecular flexibility index (Phi) is 3.50. The summed E-state index contributed by atoms with van der Waals surface area (Å²) in [5.41, 5.74) is 5.55. The van der Waals surface area contributed by atoms with Crippen molar-refractivity contribution in [3.8, 4) is 11.1 Å².